The molecule has 96 valence electrons. The van der Waals surface area contributed by atoms with Crippen LogP contribution in [0.4, 0.5) is 0 Å². The molecule has 0 aromatic carbocycles. The van der Waals surface area contributed by atoms with Crippen LogP contribution in [0.3, 0.4) is 0 Å². The number of nitrogens with one attached hydrogen (secondary N) is 1. The summed E-state index contributed by atoms with van der Waals surface area (Å²) in [5.74, 6) is 0.279. The van der Waals surface area contributed by atoms with Gasteiger partial charge in [0.25, 0.3) is 5.91 Å². The van der Waals surface area contributed by atoms with Crippen LogP contribution < -0.4 is 5.32 Å². The van der Waals surface area contributed by atoms with Gasteiger partial charge in [-0.2, -0.15) is 0 Å². The van der Waals surface area contributed by atoms with E-state index in [0.29, 0.717) is 26.7 Å². The molecule has 0 fully saturated rings. The maximum atomic E-state index is 11.8. The van der Waals surface area contributed by atoms with E-state index in [9.17, 15) is 4.79 Å². The number of hydrogen-bond donors (Lipinski definition) is 1. The average Bonchev–Trinajstić information content (AvgIpc) is 2.53. The standard InChI is InChI=1S/C11H14Cl3NOS/c1-6(2)3-7(12)5-15-11(16)8-4-9(13)17-10(8)14/h4,6-7H,3,5H2,1-2H3,(H,15,16). The molecule has 1 atom stereocenters. The van der Waals surface area contributed by atoms with E-state index >= 15 is 0 Å². The first-order chi connectivity index (χ1) is 7.90. The van der Waals surface area contributed by atoms with Gasteiger partial charge in [0.05, 0.1) is 15.3 Å². The molecule has 1 unspecified atom stereocenters. The van der Waals surface area contributed by atoms with Crippen LogP contribution in [0.1, 0.15) is 30.6 Å². The number of rotatable bonds is 5. The fourth-order valence-electron chi connectivity index (χ4n) is 1.39. The van der Waals surface area contributed by atoms with Crippen molar-refractivity contribution < 1.29 is 4.79 Å². The molecule has 0 aliphatic carbocycles. The molecule has 1 amide bonds. The summed E-state index contributed by atoms with van der Waals surface area (Å²) in [7, 11) is 0. The minimum absolute atomic E-state index is 0.0631. The van der Waals surface area contributed by atoms with Gasteiger partial charge in [-0.25, -0.2) is 0 Å². The Morgan fingerprint density at radius 3 is 2.59 bits per heavy atom. The van der Waals surface area contributed by atoms with Crippen molar-refractivity contribution >= 4 is 52.0 Å². The van der Waals surface area contributed by atoms with Gasteiger partial charge in [0.2, 0.25) is 0 Å². The number of carbonyl (C=O) groups is 1. The first-order valence-electron chi connectivity index (χ1n) is 5.27. The monoisotopic (exact) mass is 313 g/mol. The molecular weight excluding hydrogens is 301 g/mol. The van der Waals surface area contributed by atoms with Crippen molar-refractivity contribution in [1.82, 2.24) is 5.32 Å². The van der Waals surface area contributed by atoms with E-state index in [1.807, 2.05) is 0 Å². The van der Waals surface area contributed by atoms with Gasteiger partial charge in [-0.3, -0.25) is 4.79 Å². The van der Waals surface area contributed by atoms with Crippen molar-refractivity contribution in [2.75, 3.05) is 6.54 Å². The molecule has 0 saturated carbocycles. The summed E-state index contributed by atoms with van der Waals surface area (Å²) < 4.78 is 0.909. The second-order valence-corrected chi connectivity index (χ2v) is 7.08. The summed E-state index contributed by atoms with van der Waals surface area (Å²) in [6, 6.07) is 1.57. The lowest BCUT2D eigenvalue weighted by Gasteiger charge is -2.12. The zero-order valence-corrected chi connectivity index (χ0v) is 12.7. The summed E-state index contributed by atoms with van der Waals surface area (Å²) in [5.41, 5.74) is 0.412. The molecule has 0 saturated heterocycles. The van der Waals surface area contributed by atoms with Crippen LogP contribution in [0.2, 0.25) is 8.67 Å². The van der Waals surface area contributed by atoms with Gasteiger partial charge in [0.15, 0.2) is 0 Å². The largest absolute Gasteiger partial charge is 0.350 e. The van der Waals surface area contributed by atoms with Gasteiger partial charge in [0.1, 0.15) is 4.34 Å². The Morgan fingerprint density at radius 2 is 2.12 bits per heavy atom. The highest BCUT2D eigenvalue weighted by molar-refractivity contribution is 7.20. The maximum absolute atomic E-state index is 11.8. The highest BCUT2D eigenvalue weighted by Crippen LogP contribution is 2.30. The summed E-state index contributed by atoms with van der Waals surface area (Å²) in [5, 5.41) is 2.69. The van der Waals surface area contributed by atoms with Gasteiger partial charge in [-0.05, 0) is 18.4 Å². The first kappa shape index (κ1) is 15.1. The van der Waals surface area contributed by atoms with Gasteiger partial charge in [0, 0.05) is 6.54 Å². The molecule has 6 heteroatoms. The molecule has 0 spiro atoms. The summed E-state index contributed by atoms with van der Waals surface area (Å²) in [6.07, 6.45) is 0.861. The predicted octanol–water partition coefficient (Wildman–Crippen LogP) is 4.44. The molecular formula is C11H14Cl3NOS. The van der Waals surface area contributed by atoms with Crippen molar-refractivity contribution in [1.29, 1.82) is 0 Å². The van der Waals surface area contributed by atoms with Crippen LogP contribution in [-0.4, -0.2) is 17.8 Å². The van der Waals surface area contributed by atoms with E-state index < -0.39 is 0 Å². The normalized spacial score (nSPS) is 12.8. The minimum Gasteiger partial charge on any atom is -0.350 e. The van der Waals surface area contributed by atoms with E-state index in [1.165, 1.54) is 11.3 Å². The topological polar surface area (TPSA) is 29.1 Å². The molecule has 1 aromatic rings. The summed E-state index contributed by atoms with van der Waals surface area (Å²) in [4.78, 5) is 11.8. The molecule has 1 rings (SSSR count). The van der Waals surface area contributed by atoms with Gasteiger partial charge < -0.3 is 5.32 Å². The Labute approximate surface area is 120 Å². The van der Waals surface area contributed by atoms with Crippen molar-refractivity contribution in [3.05, 3.63) is 20.3 Å². The Morgan fingerprint density at radius 1 is 1.47 bits per heavy atom. The Kier molecular flexibility index (Phi) is 6.07. The highest BCUT2D eigenvalue weighted by atomic mass is 35.5. The minimum atomic E-state index is -0.229. The average molecular weight is 315 g/mol. The molecule has 0 bridgehead atoms. The summed E-state index contributed by atoms with van der Waals surface area (Å²) >= 11 is 18.9. The van der Waals surface area contributed by atoms with Gasteiger partial charge in [-0.1, -0.05) is 37.0 Å². The van der Waals surface area contributed by atoms with E-state index in [0.717, 1.165) is 6.42 Å². The van der Waals surface area contributed by atoms with Crippen LogP contribution in [0.5, 0.6) is 0 Å². The van der Waals surface area contributed by atoms with Crippen LogP contribution in [0, 0.1) is 5.92 Å². The van der Waals surface area contributed by atoms with Crippen molar-refractivity contribution in [3.63, 3.8) is 0 Å². The van der Waals surface area contributed by atoms with E-state index in [-0.39, 0.29) is 11.3 Å². The molecule has 2 nitrogen and oxygen atoms in total. The van der Waals surface area contributed by atoms with E-state index in [1.54, 1.807) is 6.07 Å². The lowest BCUT2D eigenvalue weighted by Crippen LogP contribution is -2.30. The first-order valence-corrected chi connectivity index (χ1v) is 7.28. The second kappa shape index (κ2) is 6.83. The zero-order valence-electron chi connectivity index (χ0n) is 9.60. The van der Waals surface area contributed by atoms with Crippen LogP contribution >= 0.6 is 46.1 Å². The van der Waals surface area contributed by atoms with E-state index in [2.05, 4.69) is 19.2 Å². The SMILES string of the molecule is CC(C)CC(Cl)CNC(=O)c1cc(Cl)sc1Cl. The Bertz CT molecular complexity index is 392. The molecule has 0 aliphatic heterocycles. The third-order valence-electron chi connectivity index (χ3n) is 2.11. The van der Waals surface area contributed by atoms with E-state index in [4.69, 9.17) is 34.8 Å². The van der Waals surface area contributed by atoms with Crippen LogP contribution in [-0.2, 0) is 0 Å². The van der Waals surface area contributed by atoms with Crippen molar-refractivity contribution in [2.45, 2.75) is 25.6 Å². The Balaban J connectivity index is 2.47. The number of carbonyl (C=O) groups excluding carboxylic acids is 1. The third-order valence-corrected chi connectivity index (χ3v) is 3.93. The number of hydrogen-bond acceptors (Lipinski definition) is 2. The molecule has 0 radical (unpaired) electrons. The lowest BCUT2D eigenvalue weighted by atomic mass is 10.1. The lowest BCUT2D eigenvalue weighted by molar-refractivity contribution is 0.0953. The fraction of sp³-hybridized carbons (Fsp3) is 0.545. The summed E-state index contributed by atoms with van der Waals surface area (Å²) in [6.45, 7) is 4.61. The predicted molar refractivity (Wildman–Crippen MR) is 75.8 cm³/mol. The van der Waals surface area contributed by atoms with Crippen LogP contribution in [0.15, 0.2) is 6.07 Å². The quantitative estimate of drug-likeness (QED) is 0.800. The molecule has 1 aromatic heterocycles. The number of alkyl halides is 1. The fourth-order valence-corrected chi connectivity index (χ4v) is 3.28. The van der Waals surface area contributed by atoms with Crippen molar-refractivity contribution in [3.8, 4) is 0 Å². The Hall–Kier alpha value is 0.0400. The third kappa shape index (κ3) is 5.04. The number of amides is 1. The smallest absolute Gasteiger partial charge is 0.253 e. The zero-order chi connectivity index (χ0) is 13.0. The molecule has 1 N–H and O–H groups in total. The number of halogens is 3. The van der Waals surface area contributed by atoms with Crippen LogP contribution in [0.25, 0.3) is 0 Å². The molecule has 17 heavy (non-hydrogen) atoms. The van der Waals surface area contributed by atoms with Gasteiger partial charge in [-0.15, -0.1) is 22.9 Å². The number of thiophene rings is 1. The molecule has 1 heterocycles. The van der Waals surface area contributed by atoms with Crippen molar-refractivity contribution in [2.24, 2.45) is 5.92 Å². The second-order valence-electron chi connectivity index (χ2n) is 4.17. The van der Waals surface area contributed by atoms with Gasteiger partial charge >= 0.3 is 0 Å². The molecule has 0 aliphatic rings. The maximum Gasteiger partial charge on any atom is 0.253 e. The highest BCUT2D eigenvalue weighted by Gasteiger charge is 2.15.